The summed E-state index contributed by atoms with van der Waals surface area (Å²) in [6.45, 7) is 1.72. The van der Waals surface area contributed by atoms with Gasteiger partial charge in [-0.05, 0) is 36.8 Å². The van der Waals surface area contributed by atoms with Crippen molar-refractivity contribution in [3.63, 3.8) is 0 Å². The van der Waals surface area contributed by atoms with E-state index >= 15 is 0 Å². The Morgan fingerprint density at radius 2 is 2.00 bits per heavy atom. The quantitative estimate of drug-likeness (QED) is 0.696. The number of rotatable bonds is 4. The minimum Gasteiger partial charge on any atom is -0.460 e. The van der Waals surface area contributed by atoms with Crippen LogP contribution in [0.3, 0.4) is 0 Å². The van der Waals surface area contributed by atoms with Crippen molar-refractivity contribution in [3.8, 4) is 0 Å². The number of carbonyl (C=O) groups is 1. The standard InChI is InChI=1S/C15H14ClFN2O2/c1-15(18,11-3-5-12(16)6-4-11)9-21-14(20)10-2-7-13(17)19-8-10/h2-8H,9,18H2,1H3. The van der Waals surface area contributed by atoms with Gasteiger partial charge in [0.2, 0.25) is 5.95 Å². The number of nitrogens with zero attached hydrogens (tertiary/aromatic N) is 1. The van der Waals surface area contributed by atoms with Crippen molar-refractivity contribution in [2.75, 3.05) is 6.61 Å². The third-order valence-corrected chi connectivity index (χ3v) is 3.22. The maximum atomic E-state index is 12.7. The zero-order valence-electron chi connectivity index (χ0n) is 11.3. The first kappa shape index (κ1) is 15.4. The molecule has 1 heterocycles. The van der Waals surface area contributed by atoms with Gasteiger partial charge in [0.25, 0.3) is 0 Å². The lowest BCUT2D eigenvalue weighted by Crippen LogP contribution is -2.39. The molecule has 0 aliphatic rings. The molecule has 1 unspecified atom stereocenters. The van der Waals surface area contributed by atoms with Crippen LogP contribution < -0.4 is 5.73 Å². The van der Waals surface area contributed by atoms with Gasteiger partial charge in [0.05, 0.1) is 11.1 Å². The summed E-state index contributed by atoms with van der Waals surface area (Å²) in [6.07, 6.45) is 1.12. The van der Waals surface area contributed by atoms with Crippen LogP contribution in [0.25, 0.3) is 0 Å². The number of hydrogen-bond donors (Lipinski definition) is 1. The maximum Gasteiger partial charge on any atom is 0.339 e. The summed E-state index contributed by atoms with van der Waals surface area (Å²) < 4.78 is 17.8. The highest BCUT2D eigenvalue weighted by atomic mass is 35.5. The van der Waals surface area contributed by atoms with Gasteiger partial charge in [0.15, 0.2) is 0 Å². The van der Waals surface area contributed by atoms with Gasteiger partial charge in [-0.2, -0.15) is 4.39 Å². The van der Waals surface area contributed by atoms with E-state index in [0.29, 0.717) is 5.02 Å². The summed E-state index contributed by atoms with van der Waals surface area (Å²) in [6, 6.07) is 9.38. The Bertz CT molecular complexity index is 627. The van der Waals surface area contributed by atoms with Gasteiger partial charge in [-0.3, -0.25) is 0 Å². The van der Waals surface area contributed by atoms with Crippen molar-refractivity contribution in [1.82, 2.24) is 4.98 Å². The van der Waals surface area contributed by atoms with Gasteiger partial charge < -0.3 is 10.5 Å². The minimum atomic E-state index is -0.853. The highest BCUT2D eigenvalue weighted by Gasteiger charge is 2.24. The molecular weight excluding hydrogens is 295 g/mol. The number of benzene rings is 1. The van der Waals surface area contributed by atoms with Crippen LogP contribution in [0.4, 0.5) is 4.39 Å². The molecule has 0 aliphatic heterocycles. The number of aromatic nitrogens is 1. The Morgan fingerprint density at radius 3 is 2.57 bits per heavy atom. The lowest BCUT2D eigenvalue weighted by atomic mass is 9.94. The molecule has 21 heavy (non-hydrogen) atoms. The van der Waals surface area contributed by atoms with Crippen LogP contribution in [0.15, 0.2) is 42.6 Å². The monoisotopic (exact) mass is 308 g/mol. The topological polar surface area (TPSA) is 65.2 Å². The summed E-state index contributed by atoms with van der Waals surface area (Å²) in [7, 11) is 0. The smallest absolute Gasteiger partial charge is 0.339 e. The first-order valence-corrected chi connectivity index (χ1v) is 6.60. The number of hydrogen-bond acceptors (Lipinski definition) is 4. The molecule has 110 valence electrons. The van der Waals surface area contributed by atoms with Gasteiger partial charge in [-0.25, -0.2) is 9.78 Å². The van der Waals surface area contributed by atoms with Crippen molar-refractivity contribution in [2.45, 2.75) is 12.5 Å². The van der Waals surface area contributed by atoms with Crippen LogP contribution in [0, 0.1) is 5.95 Å². The lowest BCUT2D eigenvalue weighted by molar-refractivity contribution is 0.0417. The Labute approximate surface area is 126 Å². The number of carbonyl (C=O) groups excluding carboxylic acids is 1. The van der Waals surface area contributed by atoms with Gasteiger partial charge in [0.1, 0.15) is 6.61 Å². The number of ether oxygens (including phenoxy) is 1. The molecule has 0 spiro atoms. The Balaban J connectivity index is 2.02. The molecule has 2 N–H and O–H groups in total. The molecular formula is C15H14ClFN2O2. The van der Waals surface area contributed by atoms with E-state index in [-0.39, 0.29) is 12.2 Å². The molecule has 0 aliphatic carbocycles. The fraction of sp³-hybridized carbons (Fsp3) is 0.200. The van der Waals surface area contributed by atoms with E-state index in [0.717, 1.165) is 17.8 Å². The molecule has 6 heteroatoms. The first-order chi connectivity index (χ1) is 9.88. The van der Waals surface area contributed by atoms with Crippen molar-refractivity contribution in [1.29, 1.82) is 0 Å². The normalized spacial score (nSPS) is 13.5. The largest absolute Gasteiger partial charge is 0.460 e. The third-order valence-electron chi connectivity index (χ3n) is 2.97. The zero-order chi connectivity index (χ0) is 15.5. The molecule has 0 saturated heterocycles. The summed E-state index contributed by atoms with van der Waals surface area (Å²) in [5.74, 6) is -1.26. The average Bonchev–Trinajstić information content (AvgIpc) is 2.46. The van der Waals surface area contributed by atoms with Crippen LogP contribution in [0.1, 0.15) is 22.8 Å². The second-order valence-corrected chi connectivity index (χ2v) is 5.31. The Hall–Kier alpha value is -1.98. The third kappa shape index (κ3) is 4.00. The predicted octanol–water partition coefficient (Wildman–Crippen LogP) is 2.91. The van der Waals surface area contributed by atoms with E-state index in [2.05, 4.69) is 4.98 Å². The predicted molar refractivity (Wildman–Crippen MR) is 77.5 cm³/mol. The van der Waals surface area contributed by atoms with Gasteiger partial charge in [-0.15, -0.1) is 0 Å². The van der Waals surface area contributed by atoms with E-state index < -0.39 is 17.5 Å². The molecule has 1 aromatic heterocycles. The van der Waals surface area contributed by atoms with E-state index in [1.165, 1.54) is 6.07 Å². The number of halogens is 2. The maximum absolute atomic E-state index is 12.7. The lowest BCUT2D eigenvalue weighted by Gasteiger charge is -2.24. The van der Waals surface area contributed by atoms with E-state index in [1.54, 1.807) is 31.2 Å². The second kappa shape index (κ2) is 6.20. The van der Waals surface area contributed by atoms with Crippen molar-refractivity contribution in [3.05, 3.63) is 64.7 Å². The Kier molecular flexibility index (Phi) is 4.55. The molecule has 0 amide bonds. The number of esters is 1. The summed E-state index contributed by atoms with van der Waals surface area (Å²) in [5, 5.41) is 0.601. The summed E-state index contributed by atoms with van der Waals surface area (Å²) >= 11 is 5.82. The number of pyridine rings is 1. The highest BCUT2D eigenvalue weighted by molar-refractivity contribution is 6.30. The zero-order valence-corrected chi connectivity index (χ0v) is 12.1. The molecule has 0 saturated carbocycles. The highest BCUT2D eigenvalue weighted by Crippen LogP contribution is 2.21. The van der Waals surface area contributed by atoms with E-state index in [4.69, 9.17) is 22.1 Å². The molecule has 0 fully saturated rings. The van der Waals surface area contributed by atoms with E-state index in [1.807, 2.05) is 0 Å². The minimum absolute atomic E-state index is 0.0230. The number of nitrogens with two attached hydrogens (primary N) is 1. The summed E-state index contributed by atoms with van der Waals surface area (Å²) in [4.78, 5) is 15.2. The Morgan fingerprint density at radius 1 is 1.33 bits per heavy atom. The SMILES string of the molecule is CC(N)(COC(=O)c1ccc(F)nc1)c1ccc(Cl)cc1. The van der Waals surface area contributed by atoms with Crippen LogP contribution in [0.5, 0.6) is 0 Å². The van der Waals surface area contributed by atoms with Gasteiger partial charge >= 0.3 is 5.97 Å². The summed E-state index contributed by atoms with van der Waals surface area (Å²) in [5.41, 5.74) is 6.25. The molecule has 0 radical (unpaired) electrons. The van der Waals surface area contributed by atoms with Crippen LogP contribution in [0.2, 0.25) is 5.02 Å². The van der Waals surface area contributed by atoms with Crippen LogP contribution >= 0.6 is 11.6 Å². The van der Waals surface area contributed by atoms with Crippen LogP contribution in [-0.2, 0) is 10.3 Å². The van der Waals surface area contributed by atoms with Gasteiger partial charge in [-0.1, -0.05) is 23.7 Å². The molecule has 2 rings (SSSR count). The average molecular weight is 309 g/mol. The van der Waals surface area contributed by atoms with E-state index in [9.17, 15) is 9.18 Å². The van der Waals surface area contributed by atoms with Crippen LogP contribution in [-0.4, -0.2) is 17.6 Å². The fourth-order valence-electron chi connectivity index (χ4n) is 1.71. The molecule has 1 aromatic carbocycles. The molecule has 4 nitrogen and oxygen atoms in total. The second-order valence-electron chi connectivity index (χ2n) is 4.87. The molecule has 2 aromatic rings. The van der Waals surface area contributed by atoms with Crippen molar-refractivity contribution < 1.29 is 13.9 Å². The fourth-order valence-corrected chi connectivity index (χ4v) is 1.84. The first-order valence-electron chi connectivity index (χ1n) is 6.22. The molecule has 0 bridgehead atoms. The molecule has 1 atom stereocenters. The van der Waals surface area contributed by atoms with Gasteiger partial charge in [0, 0.05) is 11.2 Å². The van der Waals surface area contributed by atoms with Crippen molar-refractivity contribution >= 4 is 17.6 Å². The van der Waals surface area contributed by atoms with Crippen molar-refractivity contribution in [2.24, 2.45) is 5.73 Å².